The highest BCUT2D eigenvalue weighted by Crippen LogP contribution is 2.28. The third-order valence-corrected chi connectivity index (χ3v) is 4.31. The Bertz CT molecular complexity index is 645. The number of rotatable bonds is 8. The van der Waals surface area contributed by atoms with Crippen LogP contribution in [-0.2, 0) is 9.53 Å². The Morgan fingerprint density at radius 3 is 2.35 bits per heavy atom. The highest BCUT2D eigenvalue weighted by Gasteiger charge is 2.41. The van der Waals surface area contributed by atoms with Crippen LogP contribution in [0.2, 0.25) is 0 Å². The SMILES string of the molecule is CC1=C(/C=C/C=C/C=C/[C@@H](C)[C@@H](O)/C(C)=C/CC(C)C)O[C@](C)(O)C1=O. The lowest BCUT2D eigenvalue weighted by Crippen LogP contribution is -2.32. The number of aliphatic hydroxyl groups is 2. The van der Waals surface area contributed by atoms with Crippen LogP contribution in [0.15, 0.2) is 59.4 Å². The van der Waals surface area contributed by atoms with Gasteiger partial charge in [-0.2, -0.15) is 0 Å². The normalized spacial score (nSPS) is 24.5. The maximum Gasteiger partial charge on any atom is 0.269 e. The summed E-state index contributed by atoms with van der Waals surface area (Å²) >= 11 is 0. The van der Waals surface area contributed by atoms with Gasteiger partial charge in [0, 0.05) is 18.4 Å². The van der Waals surface area contributed by atoms with Gasteiger partial charge in [0.15, 0.2) is 0 Å². The summed E-state index contributed by atoms with van der Waals surface area (Å²) in [6.45, 7) is 11.2. The number of Topliss-reactive ketones (excluding diaryl/α,β-unsaturated/α-hetero) is 1. The molecule has 4 heteroatoms. The van der Waals surface area contributed by atoms with E-state index >= 15 is 0 Å². The number of carbonyl (C=O) groups is 1. The predicted octanol–water partition coefficient (Wildman–Crippen LogP) is 4.23. The number of hydrogen-bond acceptors (Lipinski definition) is 4. The maximum atomic E-state index is 11.7. The van der Waals surface area contributed by atoms with Gasteiger partial charge in [-0.25, -0.2) is 0 Å². The van der Waals surface area contributed by atoms with Crippen LogP contribution in [0.25, 0.3) is 0 Å². The Hall–Kier alpha value is -1.91. The van der Waals surface area contributed by atoms with Gasteiger partial charge >= 0.3 is 0 Å². The van der Waals surface area contributed by atoms with Gasteiger partial charge in [-0.1, -0.05) is 57.2 Å². The lowest BCUT2D eigenvalue weighted by atomic mass is 9.96. The molecular formula is C22H32O4. The average molecular weight is 360 g/mol. The van der Waals surface area contributed by atoms with Crippen LogP contribution < -0.4 is 0 Å². The van der Waals surface area contributed by atoms with Crippen molar-refractivity contribution >= 4 is 5.78 Å². The first-order valence-electron chi connectivity index (χ1n) is 9.09. The summed E-state index contributed by atoms with van der Waals surface area (Å²) in [4.78, 5) is 11.7. The number of hydrogen-bond donors (Lipinski definition) is 2. The van der Waals surface area contributed by atoms with E-state index in [0.717, 1.165) is 12.0 Å². The average Bonchev–Trinajstić information content (AvgIpc) is 2.77. The fourth-order valence-electron chi connectivity index (χ4n) is 2.53. The summed E-state index contributed by atoms with van der Waals surface area (Å²) in [5.41, 5.74) is 1.41. The minimum Gasteiger partial charge on any atom is -0.455 e. The fourth-order valence-corrected chi connectivity index (χ4v) is 2.53. The Morgan fingerprint density at radius 2 is 1.81 bits per heavy atom. The molecule has 0 amide bonds. The van der Waals surface area contributed by atoms with Crippen molar-refractivity contribution in [3.8, 4) is 0 Å². The zero-order valence-electron chi connectivity index (χ0n) is 16.7. The molecule has 3 atom stereocenters. The summed E-state index contributed by atoms with van der Waals surface area (Å²) in [7, 11) is 0. The molecule has 2 N–H and O–H groups in total. The lowest BCUT2D eigenvalue weighted by molar-refractivity contribution is -0.168. The largest absolute Gasteiger partial charge is 0.455 e. The molecule has 1 rings (SSSR count). The van der Waals surface area contributed by atoms with Crippen molar-refractivity contribution in [2.24, 2.45) is 11.8 Å². The van der Waals surface area contributed by atoms with Crippen LogP contribution in [0.5, 0.6) is 0 Å². The zero-order chi connectivity index (χ0) is 19.9. The first-order chi connectivity index (χ1) is 12.1. The van der Waals surface area contributed by atoms with E-state index in [4.69, 9.17) is 4.74 Å². The van der Waals surface area contributed by atoms with Crippen LogP contribution in [0.4, 0.5) is 0 Å². The van der Waals surface area contributed by atoms with Gasteiger partial charge in [0.2, 0.25) is 5.78 Å². The Balaban J connectivity index is 2.56. The van der Waals surface area contributed by atoms with Crippen molar-refractivity contribution in [1.82, 2.24) is 0 Å². The van der Waals surface area contributed by atoms with Gasteiger partial charge in [0.05, 0.1) is 6.10 Å². The summed E-state index contributed by atoms with van der Waals surface area (Å²) < 4.78 is 5.22. The molecule has 0 radical (unpaired) electrons. The smallest absolute Gasteiger partial charge is 0.269 e. The summed E-state index contributed by atoms with van der Waals surface area (Å²) in [6, 6.07) is 0. The van der Waals surface area contributed by atoms with E-state index in [1.165, 1.54) is 6.92 Å². The molecule has 144 valence electrons. The third kappa shape index (κ3) is 6.43. The Kier molecular flexibility index (Phi) is 8.25. The van der Waals surface area contributed by atoms with Crippen LogP contribution in [0.3, 0.4) is 0 Å². The van der Waals surface area contributed by atoms with Gasteiger partial charge in [-0.15, -0.1) is 0 Å². The van der Waals surface area contributed by atoms with Crippen molar-refractivity contribution in [1.29, 1.82) is 0 Å². The Morgan fingerprint density at radius 1 is 1.19 bits per heavy atom. The highest BCUT2D eigenvalue weighted by atomic mass is 16.6. The second-order valence-corrected chi connectivity index (χ2v) is 7.41. The molecule has 0 spiro atoms. The van der Waals surface area contributed by atoms with E-state index in [-0.39, 0.29) is 5.92 Å². The zero-order valence-corrected chi connectivity index (χ0v) is 16.7. The number of allylic oxidation sites excluding steroid dienone is 6. The molecule has 1 aliphatic rings. The van der Waals surface area contributed by atoms with Crippen molar-refractivity contribution in [2.45, 2.75) is 59.9 Å². The molecule has 0 saturated heterocycles. The summed E-state index contributed by atoms with van der Waals surface area (Å²) in [5, 5.41) is 20.1. The molecule has 0 unspecified atom stereocenters. The Labute approximate surface area is 157 Å². The van der Waals surface area contributed by atoms with Gasteiger partial charge < -0.3 is 14.9 Å². The molecule has 0 aromatic carbocycles. The van der Waals surface area contributed by atoms with Crippen molar-refractivity contribution in [3.05, 3.63) is 59.4 Å². The van der Waals surface area contributed by atoms with Crippen molar-refractivity contribution < 1.29 is 19.7 Å². The monoisotopic (exact) mass is 360 g/mol. The van der Waals surface area contributed by atoms with Crippen LogP contribution in [0.1, 0.15) is 48.0 Å². The molecule has 26 heavy (non-hydrogen) atoms. The highest BCUT2D eigenvalue weighted by molar-refractivity contribution is 6.02. The van der Waals surface area contributed by atoms with Crippen molar-refractivity contribution in [3.63, 3.8) is 0 Å². The molecule has 1 aliphatic heterocycles. The molecule has 0 aromatic rings. The van der Waals surface area contributed by atoms with E-state index in [1.807, 2.05) is 32.1 Å². The molecule has 0 aliphatic carbocycles. The standard InChI is InChI=1S/C22H32O4/c1-15(2)13-14-17(4)20(23)16(3)11-9-7-8-10-12-19-18(5)21(24)22(6,25)26-19/h7-12,14-16,20,23,25H,13H2,1-6H3/b8-7+,11-9+,12-10+,17-14+/t16-,20-,22+/m1/s1. The first kappa shape index (κ1) is 22.1. The number of ketones is 1. The number of ether oxygens (including phenoxy) is 1. The van der Waals surface area contributed by atoms with E-state index in [2.05, 4.69) is 19.9 Å². The van der Waals surface area contributed by atoms with Crippen LogP contribution in [0, 0.1) is 11.8 Å². The van der Waals surface area contributed by atoms with E-state index in [0.29, 0.717) is 17.3 Å². The van der Waals surface area contributed by atoms with E-state index < -0.39 is 17.7 Å². The van der Waals surface area contributed by atoms with Crippen LogP contribution >= 0.6 is 0 Å². The topological polar surface area (TPSA) is 66.8 Å². The van der Waals surface area contributed by atoms with E-state index in [1.54, 1.807) is 25.2 Å². The first-order valence-corrected chi connectivity index (χ1v) is 9.09. The predicted molar refractivity (Wildman–Crippen MR) is 105 cm³/mol. The van der Waals surface area contributed by atoms with Gasteiger partial charge in [-0.05, 0) is 37.8 Å². The number of aliphatic hydroxyl groups excluding tert-OH is 1. The molecule has 0 saturated carbocycles. The van der Waals surface area contributed by atoms with Gasteiger partial charge in [-0.3, -0.25) is 4.79 Å². The van der Waals surface area contributed by atoms with Gasteiger partial charge in [0.25, 0.3) is 5.79 Å². The minimum absolute atomic E-state index is 0.0166. The molecule has 0 fully saturated rings. The fraction of sp³-hybridized carbons (Fsp3) is 0.500. The number of carbonyl (C=O) groups excluding carboxylic acids is 1. The molecular weight excluding hydrogens is 328 g/mol. The van der Waals surface area contributed by atoms with Crippen molar-refractivity contribution in [2.75, 3.05) is 0 Å². The second kappa shape index (κ2) is 9.70. The van der Waals surface area contributed by atoms with E-state index in [9.17, 15) is 15.0 Å². The van der Waals surface area contributed by atoms with Crippen LogP contribution in [-0.4, -0.2) is 27.9 Å². The quantitative estimate of drug-likeness (QED) is 0.502. The lowest BCUT2D eigenvalue weighted by Gasteiger charge is -2.16. The maximum absolute atomic E-state index is 11.7. The second-order valence-electron chi connectivity index (χ2n) is 7.41. The minimum atomic E-state index is -1.76. The molecule has 0 bridgehead atoms. The third-order valence-electron chi connectivity index (χ3n) is 4.31. The summed E-state index contributed by atoms with van der Waals surface area (Å²) in [5.74, 6) is -1.20. The summed E-state index contributed by atoms with van der Waals surface area (Å²) in [6.07, 6.45) is 13.5. The van der Waals surface area contributed by atoms with Gasteiger partial charge in [0.1, 0.15) is 5.76 Å². The molecule has 4 nitrogen and oxygen atoms in total. The molecule has 0 aromatic heterocycles. The molecule has 1 heterocycles.